The van der Waals surface area contributed by atoms with Crippen LogP contribution >= 0.6 is 0 Å². The highest BCUT2D eigenvalue weighted by Gasteiger charge is 2.43. The van der Waals surface area contributed by atoms with Crippen LogP contribution in [0.25, 0.3) is 0 Å². The molecule has 2 heterocycles. The summed E-state index contributed by atoms with van der Waals surface area (Å²) >= 11 is 0. The number of carbonyl (C=O) groups is 2. The summed E-state index contributed by atoms with van der Waals surface area (Å²) in [7, 11) is 0. The average molecular weight is 504 g/mol. The predicted octanol–water partition coefficient (Wildman–Crippen LogP) is 4.81. The van der Waals surface area contributed by atoms with Gasteiger partial charge in [-0.3, -0.25) is 24.4 Å². The first kappa shape index (κ1) is 25.2. The van der Waals surface area contributed by atoms with E-state index in [0.29, 0.717) is 24.4 Å². The summed E-state index contributed by atoms with van der Waals surface area (Å²) in [6.45, 7) is 2.44. The molecule has 0 spiro atoms. The Morgan fingerprint density at radius 1 is 1.19 bits per heavy atom. The van der Waals surface area contributed by atoms with E-state index in [-0.39, 0.29) is 23.6 Å². The molecule has 37 heavy (non-hydrogen) atoms. The van der Waals surface area contributed by atoms with E-state index in [1.54, 1.807) is 30.6 Å². The molecule has 194 valence electrons. The summed E-state index contributed by atoms with van der Waals surface area (Å²) in [4.78, 5) is 35.1. The van der Waals surface area contributed by atoms with E-state index in [1.807, 2.05) is 13.0 Å². The minimum absolute atomic E-state index is 0.0153. The zero-order chi connectivity index (χ0) is 25.9. The zero-order valence-corrected chi connectivity index (χ0v) is 21.3. The summed E-state index contributed by atoms with van der Waals surface area (Å²) in [5.41, 5.74) is 1.47. The fourth-order valence-electron chi connectivity index (χ4n) is 5.81. The smallest absolute Gasteiger partial charge is 0.251 e. The van der Waals surface area contributed by atoms with Gasteiger partial charge in [0.2, 0.25) is 5.91 Å². The van der Waals surface area contributed by atoms with Crippen molar-refractivity contribution >= 4 is 17.5 Å². The highest BCUT2D eigenvalue weighted by Crippen LogP contribution is 2.42. The zero-order valence-electron chi connectivity index (χ0n) is 21.3. The van der Waals surface area contributed by atoms with Gasteiger partial charge in [-0.25, -0.2) is 4.39 Å². The summed E-state index contributed by atoms with van der Waals surface area (Å²) in [6, 6.07) is 6.57. The monoisotopic (exact) mass is 503 g/mol. The molecule has 8 heteroatoms. The number of carbonyl (C=O) groups excluding carboxylic acids is 2. The number of rotatable bonds is 7. The minimum atomic E-state index is -1.11. The molecule has 3 fully saturated rings. The molecular formula is C29H34FN5O2. The van der Waals surface area contributed by atoms with Gasteiger partial charge in [0.25, 0.3) is 5.91 Å². The highest BCUT2D eigenvalue weighted by molar-refractivity contribution is 6.04. The van der Waals surface area contributed by atoms with E-state index in [1.165, 1.54) is 15.9 Å². The number of halogens is 1. The third kappa shape index (κ3) is 5.46. The molecule has 1 aliphatic heterocycles. The normalized spacial score (nSPS) is 22.8. The molecule has 0 unspecified atom stereocenters. The van der Waals surface area contributed by atoms with E-state index in [4.69, 9.17) is 0 Å². The van der Waals surface area contributed by atoms with Crippen LogP contribution < -0.4 is 10.2 Å². The maximum absolute atomic E-state index is 15.8. The molecule has 7 nitrogen and oxygen atoms in total. The fourth-order valence-corrected chi connectivity index (χ4v) is 5.81. The number of nitrogens with one attached hydrogen (secondary N) is 1. The van der Waals surface area contributed by atoms with Crippen LogP contribution in [0.2, 0.25) is 0 Å². The Morgan fingerprint density at radius 2 is 1.97 bits per heavy atom. The van der Waals surface area contributed by atoms with Crippen LogP contribution in [-0.4, -0.2) is 40.3 Å². The van der Waals surface area contributed by atoms with Crippen LogP contribution in [0.3, 0.4) is 0 Å². The Balaban J connectivity index is 1.58. The third-order valence-corrected chi connectivity index (χ3v) is 7.90. The molecule has 2 aliphatic carbocycles. The fraction of sp³-hybridized carbons (Fsp3) is 0.517. The number of pyridine rings is 1. The Kier molecular flexibility index (Phi) is 7.40. The molecular weight excluding hydrogens is 469 g/mol. The number of benzene rings is 1. The Hall–Kier alpha value is -3.47. The number of likely N-dealkylation sites (tertiary alicyclic amines) is 1. The maximum Gasteiger partial charge on any atom is 0.251 e. The highest BCUT2D eigenvalue weighted by atomic mass is 19.1. The van der Waals surface area contributed by atoms with Gasteiger partial charge < -0.3 is 5.32 Å². The van der Waals surface area contributed by atoms with Crippen LogP contribution in [0, 0.1) is 23.2 Å². The molecule has 0 bridgehead atoms. The molecule has 3 atom stereocenters. The van der Waals surface area contributed by atoms with E-state index in [9.17, 15) is 14.9 Å². The molecule has 1 saturated heterocycles. The SMILES string of the molecule is C[C@@H]1C[C@H](C(=O)N(c2ccc(C3CC3)cc2F)[C@@H](C(=O)NC2CCCCC2)c2cccnc2)N(C#N)C1. The van der Waals surface area contributed by atoms with Gasteiger partial charge in [-0.2, -0.15) is 5.26 Å². The second-order valence-corrected chi connectivity index (χ2v) is 10.8. The first-order valence-electron chi connectivity index (χ1n) is 13.5. The summed E-state index contributed by atoms with van der Waals surface area (Å²) in [5.74, 6) is -0.858. The quantitative estimate of drug-likeness (QED) is 0.548. The van der Waals surface area contributed by atoms with Crippen molar-refractivity contribution < 1.29 is 14.0 Å². The lowest BCUT2D eigenvalue weighted by Crippen LogP contribution is -2.52. The molecule has 1 aromatic carbocycles. The van der Waals surface area contributed by atoms with Crippen LogP contribution in [-0.2, 0) is 9.59 Å². The van der Waals surface area contributed by atoms with Crippen molar-refractivity contribution in [2.75, 3.05) is 11.4 Å². The Bertz CT molecular complexity index is 1170. The second-order valence-electron chi connectivity index (χ2n) is 10.8. The van der Waals surface area contributed by atoms with E-state index >= 15 is 4.39 Å². The number of hydrogen-bond acceptors (Lipinski definition) is 5. The van der Waals surface area contributed by atoms with Gasteiger partial charge in [0, 0.05) is 30.5 Å². The van der Waals surface area contributed by atoms with Gasteiger partial charge in [0.05, 0.1) is 5.69 Å². The molecule has 1 N–H and O–H groups in total. The lowest BCUT2D eigenvalue weighted by molar-refractivity contribution is -0.128. The molecule has 2 aromatic rings. The van der Waals surface area contributed by atoms with Crippen LogP contribution in [0.15, 0.2) is 42.7 Å². The van der Waals surface area contributed by atoms with Gasteiger partial charge in [0.1, 0.15) is 17.9 Å². The largest absolute Gasteiger partial charge is 0.351 e. The molecule has 5 rings (SSSR count). The predicted molar refractivity (Wildman–Crippen MR) is 138 cm³/mol. The molecule has 3 aliphatic rings. The Labute approximate surface area is 217 Å². The van der Waals surface area contributed by atoms with E-state index in [2.05, 4.69) is 16.5 Å². The maximum atomic E-state index is 15.8. The topological polar surface area (TPSA) is 89.3 Å². The van der Waals surface area contributed by atoms with Crippen molar-refractivity contribution in [2.24, 2.45) is 5.92 Å². The van der Waals surface area contributed by atoms with Gasteiger partial charge >= 0.3 is 0 Å². The van der Waals surface area contributed by atoms with Crippen molar-refractivity contribution in [3.05, 3.63) is 59.7 Å². The molecule has 1 aromatic heterocycles. The summed E-state index contributed by atoms with van der Waals surface area (Å²) < 4.78 is 15.8. The molecule has 2 amide bonds. The van der Waals surface area contributed by atoms with Gasteiger partial charge in [-0.1, -0.05) is 38.3 Å². The van der Waals surface area contributed by atoms with Gasteiger partial charge in [0.15, 0.2) is 6.19 Å². The lowest BCUT2D eigenvalue weighted by Gasteiger charge is -2.35. The van der Waals surface area contributed by atoms with Crippen molar-refractivity contribution in [1.29, 1.82) is 5.26 Å². The minimum Gasteiger partial charge on any atom is -0.351 e. The number of anilines is 1. The average Bonchev–Trinajstić information content (AvgIpc) is 3.69. The lowest BCUT2D eigenvalue weighted by atomic mass is 9.94. The molecule has 2 saturated carbocycles. The van der Waals surface area contributed by atoms with Crippen LogP contribution in [0.1, 0.15) is 81.4 Å². The summed E-state index contributed by atoms with van der Waals surface area (Å²) in [6.07, 6.45) is 12.8. The Morgan fingerprint density at radius 3 is 2.62 bits per heavy atom. The van der Waals surface area contributed by atoms with E-state index < -0.39 is 23.8 Å². The van der Waals surface area contributed by atoms with E-state index in [0.717, 1.165) is 50.5 Å². The first-order chi connectivity index (χ1) is 18.0. The van der Waals surface area contributed by atoms with Gasteiger partial charge in [-0.05, 0) is 67.7 Å². The van der Waals surface area contributed by atoms with Crippen molar-refractivity contribution in [1.82, 2.24) is 15.2 Å². The van der Waals surface area contributed by atoms with Crippen molar-refractivity contribution in [3.63, 3.8) is 0 Å². The first-order valence-corrected chi connectivity index (χ1v) is 13.5. The third-order valence-electron chi connectivity index (χ3n) is 7.90. The van der Waals surface area contributed by atoms with Crippen molar-refractivity contribution in [3.8, 4) is 6.19 Å². The van der Waals surface area contributed by atoms with Crippen molar-refractivity contribution in [2.45, 2.75) is 82.3 Å². The number of aromatic nitrogens is 1. The van der Waals surface area contributed by atoms with Crippen LogP contribution in [0.5, 0.6) is 0 Å². The summed E-state index contributed by atoms with van der Waals surface area (Å²) in [5, 5.41) is 12.9. The number of amides is 2. The second kappa shape index (κ2) is 10.9. The standard InChI is InChI=1S/C29H34FN5O2/c1-19-14-26(34(17-19)18-31)29(37)35(25-12-11-21(15-24(25)30)20-9-10-20)27(22-6-5-13-32-16-22)28(36)33-23-7-3-2-4-8-23/h5-6,11-13,15-16,19-20,23,26-27H,2-4,7-10,14,17H2,1H3,(H,33,36)/t19-,26-,27-/m1/s1. The van der Waals surface area contributed by atoms with Crippen LogP contribution in [0.4, 0.5) is 10.1 Å². The number of hydrogen-bond donors (Lipinski definition) is 1. The number of nitrogens with zero attached hydrogens (tertiary/aromatic N) is 4. The number of nitriles is 1. The van der Waals surface area contributed by atoms with Gasteiger partial charge in [-0.15, -0.1) is 0 Å². The molecule has 0 radical (unpaired) electrons.